The Morgan fingerprint density at radius 1 is 1.44 bits per heavy atom. The zero-order valence-electron chi connectivity index (χ0n) is 9.19. The first-order chi connectivity index (χ1) is 7.74. The molecule has 1 aromatic carbocycles. The number of carbonyl (C=O) groups is 1. The van der Waals surface area contributed by atoms with Crippen molar-refractivity contribution in [2.24, 2.45) is 0 Å². The van der Waals surface area contributed by atoms with Gasteiger partial charge >= 0.3 is 0 Å². The SMILES string of the molecule is CC(=O)SCC#Cc1ccccc1CCO. The fourth-order valence-electron chi connectivity index (χ4n) is 1.25. The smallest absolute Gasteiger partial charge is 0.186 e. The molecule has 0 saturated carbocycles. The van der Waals surface area contributed by atoms with Gasteiger partial charge in [0.25, 0.3) is 0 Å². The first-order valence-electron chi connectivity index (χ1n) is 5.05. The summed E-state index contributed by atoms with van der Waals surface area (Å²) in [4.78, 5) is 10.7. The summed E-state index contributed by atoms with van der Waals surface area (Å²) in [5.74, 6) is 6.48. The fourth-order valence-corrected chi connectivity index (χ4v) is 1.60. The highest BCUT2D eigenvalue weighted by atomic mass is 32.2. The molecule has 0 atom stereocenters. The summed E-state index contributed by atoms with van der Waals surface area (Å²) in [7, 11) is 0. The van der Waals surface area contributed by atoms with Gasteiger partial charge in [-0.1, -0.05) is 41.8 Å². The zero-order chi connectivity index (χ0) is 11.8. The number of aliphatic hydroxyl groups is 1. The van der Waals surface area contributed by atoms with Crippen molar-refractivity contribution in [2.45, 2.75) is 13.3 Å². The highest BCUT2D eigenvalue weighted by Crippen LogP contribution is 2.08. The van der Waals surface area contributed by atoms with Crippen LogP contribution in [0.4, 0.5) is 0 Å². The third-order valence-electron chi connectivity index (χ3n) is 1.97. The van der Waals surface area contributed by atoms with E-state index in [0.29, 0.717) is 12.2 Å². The molecule has 0 unspecified atom stereocenters. The molecule has 1 rings (SSSR count). The van der Waals surface area contributed by atoms with Crippen LogP contribution in [0.2, 0.25) is 0 Å². The number of benzene rings is 1. The van der Waals surface area contributed by atoms with Gasteiger partial charge in [0.2, 0.25) is 0 Å². The van der Waals surface area contributed by atoms with E-state index in [2.05, 4.69) is 11.8 Å². The monoisotopic (exact) mass is 234 g/mol. The van der Waals surface area contributed by atoms with Crippen molar-refractivity contribution in [2.75, 3.05) is 12.4 Å². The molecule has 3 heteroatoms. The summed E-state index contributed by atoms with van der Waals surface area (Å²) in [6.45, 7) is 1.66. The first-order valence-corrected chi connectivity index (χ1v) is 6.03. The van der Waals surface area contributed by atoms with Crippen molar-refractivity contribution in [1.29, 1.82) is 0 Å². The molecule has 0 aliphatic carbocycles. The maximum Gasteiger partial charge on any atom is 0.186 e. The summed E-state index contributed by atoms with van der Waals surface area (Å²) in [5.41, 5.74) is 1.98. The molecule has 0 bridgehead atoms. The molecule has 0 aromatic heterocycles. The van der Waals surface area contributed by atoms with Crippen molar-refractivity contribution in [1.82, 2.24) is 0 Å². The van der Waals surface area contributed by atoms with E-state index in [-0.39, 0.29) is 11.7 Å². The second kappa shape index (κ2) is 7.10. The van der Waals surface area contributed by atoms with Crippen LogP contribution in [0.3, 0.4) is 0 Å². The Bertz CT molecular complexity index is 415. The van der Waals surface area contributed by atoms with Crippen LogP contribution in [-0.4, -0.2) is 22.6 Å². The summed E-state index contributed by atoms with van der Waals surface area (Å²) in [6.07, 6.45) is 0.616. The van der Waals surface area contributed by atoms with E-state index in [1.807, 2.05) is 24.3 Å². The molecule has 84 valence electrons. The highest BCUT2D eigenvalue weighted by molar-refractivity contribution is 8.13. The van der Waals surface area contributed by atoms with Gasteiger partial charge in [0, 0.05) is 19.1 Å². The van der Waals surface area contributed by atoms with Gasteiger partial charge in [0.15, 0.2) is 5.12 Å². The molecule has 0 heterocycles. The van der Waals surface area contributed by atoms with Crippen molar-refractivity contribution >= 4 is 16.9 Å². The average molecular weight is 234 g/mol. The van der Waals surface area contributed by atoms with Crippen molar-refractivity contribution in [3.05, 3.63) is 35.4 Å². The van der Waals surface area contributed by atoms with Gasteiger partial charge in [-0.05, 0) is 18.1 Å². The van der Waals surface area contributed by atoms with E-state index in [4.69, 9.17) is 5.11 Å². The predicted molar refractivity (Wildman–Crippen MR) is 67.2 cm³/mol. The standard InChI is InChI=1S/C13H14O2S/c1-11(15)16-10-4-7-12-5-2-3-6-13(12)8-9-14/h2-3,5-6,14H,8-10H2,1H3. The number of rotatable bonds is 3. The van der Waals surface area contributed by atoms with Gasteiger partial charge in [-0.15, -0.1) is 0 Å². The van der Waals surface area contributed by atoms with Gasteiger partial charge < -0.3 is 5.11 Å². The van der Waals surface area contributed by atoms with Crippen molar-refractivity contribution in [3.8, 4) is 11.8 Å². The zero-order valence-corrected chi connectivity index (χ0v) is 10.0. The molecule has 1 aromatic rings. The van der Waals surface area contributed by atoms with Gasteiger partial charge in [0.1, 0.15) is 0 Å². The molecule has 0 aliphatic rings. The van der Waals surface area contributed by atoms with E-state index in [9.17, 15) is 4.79 Å². The third kappa shape index (κ3) is 4.52. The Hall–Kier alpha value is -1.24. The maximum absolute atomic E-state index is 10.7. The Labute approximate surface area is 100 Å². The Kier molecular flexibility index (Phi) is 5.69. The fraction of sp³-hybridized carbons (Fsp3) is 0.308. The van der Waals surface area contributed by atoms with E-state index in [1.54, 1.807) is 0 Å². The summed E-state index contributed by atoms with van der Waals surface area (Å²) >= 11 is 1.21. The summed E-state index contributed by atoms with van der Waals surface area (Å²) in [6, 6.07) is 7.73. The van der Waals surface area contributed by atoms with Crippen LogP contribution in [0.1, 0.15) is 18.1 Å². The van der Waals surface area contributed by atoms with Crippen LogP contribution < -0.4 is 0 Å². The van der Waals surface area contributed by atoms with Crippen molar-refractivity contribution in [3.63, 3.8) is 0 Å². The van der Waals surface area contributed by atoms with E-state index in [0.717, 1.165) is 11.1 Å². The van der Waals surface area contributed by atoms with Crippen LogP contribution in [0.15, 0.2) is 24.3 Å². The van der Waals surface area contributed by atoms with Crippen LogP contribution in [0, 0.1) is 11.8 Å². The largest absolute Gasteiger partial charge is 0.396 e. The minimum absolute atomic E-state index is 0.0814. The third-order valence-corrected chi connectivity index (χ3v) is 2.66. The Morgan fingerprint density at radius 2 is 2.19 bits per heavy atom. The number of hydrogen-bond donors (Lipinski definition) is 1. The lowest BCUT2D eigenvalue weighted by molar-refractivity contribution is -0.109. The molecule has 16 heavy (non-hydrogen) atoms. The van der Waals surface area contributed by atoms with E-state index < -0.39 is 0 Å². The molecule has 0 aliphatic heterocycles. The second-order valence-electron chi connectivity index (χ2n) is 3.21. The first kappa shape index (κ1) is 12.8. The predicted octanol–water partition coefficient (Wildman–Crippen LogP) is 1.85. The molecule has 0 saturated heterocycles. The number of hydrogen-bond acceptors (Lipinski definition) is 3. The highest BCUT2D eigenvalue weighted by Gasteiger charge is 1.97. The molecular weight excluding hydrogens is 220 g/mol. The van der Waals surface area contributed by atoms with Crippen LogP contribution in [0.5, 0.6) is 0 Å². The summed E-state index contributed by atoms with van der Waals surface area (Å²) in [5, 5.41) is 8.97. The van der Waals surface area contributed by atoms with Crippen LogP contribution in [0.25, 0.3) is 0 Å². The minimum atomic E-state index is 0.0814. The quantitative estimate of drug-likeness (QED) is 0.811. The van der Waals surface area contributed by atoms with Gasteiger partial charge in [-0.2, -0.15) is 0 Å². The number of carbonyl (C=O) groups excluding carboxylic acids is 1. The lowest BCUT2D eigenvalue weighted by Gasteiger charge is -2.00. The molecule has 0 fully saturated rings. The molecule has 2 nitrogen and oxygen atoms in total. The second-order valence-corrected chi connectivity index (χ2v) is 4.37. The van der Waals surface area contributed by atoms with Crippen LogP contribution in [-0.2, 0) is 11.2 Å². The van der Waals surface area contributed by atoms with Gasteiger partial charge in [-0.3, -0.25) is 4.79 Å². The van der Waals surface area contributed by atoms with Gasteiger partial charge in [0.05, 0.1) is 5.75 Å². The number of thioether (sulfide) groups is 1. The Balaban J connectivity index is 2.68. The normalized spacial score (nSPS) is 9.38. The molecule has 0 amide bonds. The average Bonchev–Trinajstić information content (AvgIpc) is 2.26. The van der Waals surface area contributed by atoms with Crippen molar-refractivity contribution < 1.29 is 9.90 Å². The molecule has 0 radical (unpaired) electrons. The summed E-state index contributed by atoms with van der Waals surface area (Å²) < 4.78 is 0. The maximum atomic E-state index is 10.7. The Morgan fingerprint density at radius 3 is 2.88 bits per heavy atom. The topological polar surface area (TPSA) is 37.3 Å². The van der Waals surface area contributed by atoms with Crippen LogP contribution >= 0.6 is 11.8 Å². The van der Waals surface area contributed by atoms with E-state index >= 15 is 0 Å². The molecular formula is C13H14O2S. The van der Waals surface area contributed by atoms with E-state index in [1.165, 1.54) is 18.7 Å². The van der Waals surface area contributed by atoms with Gasteiger partial charge in [-0.25, -0.2) is 0 Å². The number of aliphatic hydroxyl groups excluding tert-OH is 1. The minimum Gasteiger partial charge on any atom is -0.396 e. The molecule has 0 spiro atoms. The lowest BCUT2D eigenvalue weighted by Crippen LogP contribution is -1.94. The lowest BCUT2D eigenvalue weighted by atomic mass is 10.1. The molecule has 1 N–H and O–H groups in total.